The van der Waals surface area contributed by atoms with Gasteiger partial charge in [0.25, 0.3) is 0 Å². The average Bonchev–Trinajstić information content (AvgIpc) is 2.45. The molecule has 0 aromatic rings. The number of amides is 2. The highest BCUT2D eigenvalue weighted by Gasteiger charge is 2.30. The molecule has 0 unspecified atom stereocenters. The molecule has 0 bridgehead atoms. The first-order valence-corrected chi connectivity index (χ1v) is 8.63. The van der Waals surface area contributed by atoms with Crippen LogP contribution in [0.15, 0.2) is 0 Å². The number of nitrogens with one attached hydrogen (secondary N) is 1. The molecule has 1 saturated heterocycles. The van der Waals surface area contributed by atoms with Gasteiger partial charge in [-0.2, -0.15) is 0 Å². The molecule has 2 amide bonds. The fourth-order valence-corrected chi connectivity index (χ4v) is 3.38. The zero-order valence-corrected chi connectivity index (χ0v) is 14.2. The van der Waals surface area contributed by atoms with Crippen LogP contribution in [-0.2, 0) is 9.53 Å². The third kappa shape index (κ3) is 5.18. The van der Waals surface area contributed by atoms with E-state index in [0.29, 0.717) is 6.54 Å². The third-order valence-corrected chi connectivity index (χ3v) is 4.41. The average molecular weight is 310 g/mol. The minimum absolute atomic E-state index is 0.0103. The Hall–Kier alpha value is -1.26. The van der Waals surface area contributed by atoms with Gasteiger partial charge in [0.2, 0.25) is 5.91 Å². The number of piperidine rings is 1. The molecule has 5 heteroatoms. The van der Waals surface area contributed by atoms with Gasteiger partial charge in [0, 0.05) is 25.0 Å². The van der Waals surface area contributed by atoms with E-state index in [1.807, 2.05) is 25.7 Å². The van der Waals surface area contributed by atoms with Crippen molar-refractivity contribution < 1.29 is 14.3 Å². The lowest BCUT2D eigenvalue weighted by molar-refractivity contribution is -0.138. The van der Waals surface area contributed by atoms with Gasteiger partial charge in [0.15, 0.2) is 0 Å². The maximum atomic E-state index is 12.6. The fourth-order valence-electron chi connectivity index (χ4n) is 3.38. The summed E-state index contributed by atoms with van der Waals surface area (Å²) in [6.07, 6.45) is 7.12. The summed E-state index contributed by atoms with van der Waals surface area (Å²) in [4.78, 5) is 26.4. The summed E-state index contributed by atoms with van der Waals surface area (Å²) < 4.78 is 5.30. The lowest BCUT2D eigenvalue weighted by Crippen LogP contribution is -2.51. The summed E-state index contributed by atoms with van der Waals surface area (Å²) in [5, 5.41) is 2.91. The van der Waals surface area contributed by atoms with E-state index in [1.54, 1.807) is 0 Å². The largest absolute Gasteiger partial charge is 0.444 e. The standard InChI is InChI=1S/C17H30N2O3/c1-17(2,3)22-16(21)18-14-10-7-11-19(12-14)15(20)13-8-5-4-6-9-13/h13-14H,4-12H2,1-3H3,(H,18,21)/t14-/m0/s1. The number of alkyl carbamates (subject to hydrolysis) is 1. The highest BCUT2D eigenvalue weighted by atomic mass is 16.6. The monoisotopic (exact) mass is 310 g/mol. The van der Waals surface area contributed by atoms with Gasteiger partial charge in [-0.05, 0) is 46.5 Å². The topological polar surface area (TPSA) is 58.6 Å². The molecule has 2 fully saturated rings. The molecule has 2 aliphatic rings. The van der Waals surface area contributed by atoms with E-state index in [0.717, 1.165) is 32.2 Å². The molecule has 1 N–H and O–H groups in total. The maximum Gasteiger partial charge on any atom is 0.407 e. The molecule has 1 atom stereocenters. The molecule has 1 heterocycles. The molecule has 126 valence electrons. The van der Waals surface area contributed by atoms with Gasteiger partial charge < -0.3 is 15.0 Å². The van der Waals surface area contributed by atoms with Crippen LogP contribution in [0.3, 0.4) is 0 Å². The number of likely N-dealkylation sites (tertiary alicyclic amines) is 1. The smallest absolute Gasteiger partial charge is 0.407 e. The summed E-state index contributed by atoms with van der Waals surface area (Å²) >= 11 is 0. The number of rotatable bonds is 2. The van der Waals surface area contributed by atoms with Gasteiger partial charge in [-0.15, -0.1) is 0 Å². The Bertz CT molecular complexity index is 397. The Morgan fingerprint density at radius 2 is 1.73 bits per heavy atom. The molecule has 1 aliphatic heterocycles. The second-order valence-corrected chi connectivity index (χ2v) is 7.60. The van der Waals surface area contributed by atoms with Gasteiger partial charge >= 0.3 is 6.09 Å². The van der Waals surface area contributed by atoms with Crippen molar-refractivity contribution in [2.45, 2.75) is 77.4 Å². The van der Waals surface area contributed by atoms with Gasteiger partial charge in [0.1, 0.15) is 5.60 Å². The first kappa shape index (κ1) is 17.1. The number of hydrogen-bond donors (Lipinski definition) is 1. The molecular weight excluding hydrogens is 280 g/mol. The molecule has 1 saturated carbocycles. The van der Waals surface area contributed by atoms with Gasteiger partial charge in [-0.1, -0.05) is 19.3 Å². The number of carbonyl (C=O) groups is 2. The van der Waals surface area contributed by atoms with Crippen LogP contribution in [0.5, 0.6) is 0 Å². The first-order chi connectivity index (χ1) is 10.3. The minimum Gasteiger partial charge on any atom is -0.444 e. The predicted octanol–water partition coefficient (Wildman–Crippen LogP) is 3.08. The molecular formula is C17H30N2O3. The first-order valence-electron chi connectivity index (χ1n) is 8.63. The van der Waals surface area contributed by atoms with Gasteiger partial charge in [0.05, 0.1) is 0 Å². The molecule has 0 radical (unpaired) electrons. The van der Waals surface area contributed by atoms with Gasteiger partial charge in [-0.25, -0.2) is 4.79 Å². The fraction of sp³-hybridized carbons (Fsp3) is 0.882. The van der Waals surface area contributed by atoms with Crippen molar-refractivity contribution in [1.29, 1.82) is 0 Å². The van der Waals surface area contributed by atoms with Crippen molar-refractivity contribution in [3.05, 3.63) is 0 Å². The van der Waals surface area contributed by atoms with Crippen molar-refractivity contribution in [3.8, 4) is 0 Å². The number of carbonyl (C=O) groups excluding carboxylic acids is 2. The van der Waals surface area contributed by atoms with Crippen molar-refractivity contribution >= 4 is 12.0 Å². The number of nitrogens with zero attached hydrogens (tertiary/aromatic N) is 1. The van der Waals surface area contributed by atoms with Crippen LogP contribution in [0.1, 0.15) is 65.7 Å². The summed E-state index contributed by atoms with van der Waals surface area (Å²) in [5.41, 5.74) is -0.490. The lowest BCUT2D eigenvalue weighted by atomic mass is 9.87. The van der Waals surface area contributed by atoms with Gasteiger partial charge in [-0.3, -0.25) is 4.79 Å². The van der Waals surface area contributed by atoms with E-state index in [1.165, 1.54) is 19.3 Å². The Morgan fingerprint density at radius 3 is 2.36 bits per heavy atom. The van der Waals surface area contributed by atoms with Crippen LogP contribution < -0.4 is 5.32 Å². The van der Waals surface area contributed by atoms with Crippen LogP contribution in [0.4, 0.5) is 4.79 Å². The molecule has 0 spiro atoms. The maximum absolute atomic E-state index is 12.6. The highest BCUT2D eigenvalue weighted by Crippen LogP contribution is 2.26. The van der Waals surface area contributed by atoms with E-state index < -0.39 is 5.60 Å². The zero-order chi connectivity index (χ0) is 16.2. The summed E-state index contributed by atoms with van der Waals surface area (Å²) in [6.45, 7) is 7.00. The zero-order valence-electron chi connectivity index (χ0n) is 14.2. The molecule has 2 rings (SSSR count). The van der Waals surface area contributed by atoms with Crippen molar-refractivity contribution in [1.82, 2.24) is 10.2 Å². The van der Waals surface area contributed by atoms with Crippen LogP contribution in [0, 0.1) is 5.92 Å². The second kappa shape index (κ2) is 7.34. The van der Waals surface area contributed by atoms with Crippen LogP contribution >= 0.6 is 0 Å². The normalized spacial score (nSPS) is 24.0. The quantitative estimate of drug-likeness (QED) is 0.852. The summed E-state index contributed by atoms with van der Waals surface area (Å²) in [5.74, 6) is 0.490. The van der Waals surface area contributed by atoms with Crippen LogP contribution in [0.2, 0.25) is 0 Å². The predicted molar refractivity (Wildman–Crippen MR) is 85.5 cm³/mol. The van der Waals surface area contributed by atoms with E-state index >= 15 is 0 Å². The Kier molecular flexibility index (Phi) is 5.70. The highest BCUT2D eigenvalue weighted by molar-refractivity contribution is 5.79. The Morgan fingerprint density at radius 1 is 1.05 bits per heavy atom. The summed E-state index contributed by atoms with van der Waals surface area (Å²) in [6, 6.07) is 0.0103. The second-order valence-electron chi connectivity index (χ2n) is 7.60. The SMILES string of the molecule is CC(C)(C)OC(=O)N[C@H]1CCCN(C(=O)C2CCCCC2)C1. The third-order valence-electron chi connectivity index (χ3n) is 4.41. The van der Waals surface area contributed by atoms with E-state index in [9.17, 15) is 9.59 Å². The van der Waals surface area contributed by atoms with Crippen LogP contribution in [0.25, 0.3) is 0 Å². The molecule has 22 heavy (non-hydrogen) atoms. The molecule has 1 aliphatic carbocycles. The molecule has 0 aromatic carbocycles. The number of ether oxygens (including phenoxy) is 1. The van der Waals surface area contributed by atoms with Crippen molar-refractivity contribution in [2.24, 2.45) is 5.92 Å². The van der Waals surface area contributed by atoms with E-state index in [2.05, 4.69) is 5.32 Å². The summed E-state index contributed by atoms with van der Waals surface area (Å²) in [7, 11) is 0. The molecule has 5 nitrogen and oxygen atoms in total. The lowest BCUT2D eigenvalue weighted by Gasteiger charge is -2.36. The minimum atomic E-state index is -0.490. The number of hydrogen-bond acceptors (Lipinski definition) is 3. The van der Waals surface area contributed by atoms with E-state index in [4.69, 9.17) is 4.74 Å². The Labute approximate surface area is 133 Å². The molecule has 0 aromatic heterocycles. The Balaban J connectivity index is 1.83. The van der Waals surface area contributed by atoms with Crippen molar-refractivity contribution in [2.75, 3.05) is 13.1 Å². The van der Waals surface area contributed by atoms with Crippen molar-refractivity contribution in [3.63, 3.8) is 0 Å². The van der Waals surface area contributed by atoms with Crippen LogP contribution in [-0.4, -0.2) is 41.6 Å². The van der Waals surface area contributed by atoms with E-state index in [-0.39, 0.29) is 24.0 Å².